The van der Waals surface area contributed by atoms with Crippen LogP contribution in [0.1, 0.15) is 130 Å². The van der Waals surface area contributed by atoms with E-state index in [1.165, 1.54) is 99.3 Å². The van der Waals surface area contributed by atoms with Gasteiger partial charge in [0.1, 0.15) is 0 Å². The van der Waals surface area contributed by atoms with Crippen LogP contribution in [0.4, 0.5) is 0 Å². The summed E-state index contributed by atoms with van der Waals surface area (Å²) in [5.74, 6) is 0. The summed E-state index contributed by atoms with van der Waals surface area (Å²) in [5.41, 5.74) is 5.66. The predicted molar refractivity (Wildman–Crippen MR) is 189 cm³/mol. The van der Waals surface area contributed by atoms with E-state index in [2.05, 4.69) is 109 Å². The summed E-state index contributed by atoms with van der Waals surface area (Å²) < 4.78 is 6.78. The fraction of sp³-hybridized carbons (Fsp3) is 0.526. The van der Waals surface area contributed by atoms with Crippen LogP contribution in [-0.4, -0.2) is 8.52 Å². The summed E-state index contributed by atoms with van der Waals surface area (Å²) in [6.45, 7) is 8.89. The Morgan fingerprint density at radius 1 is 0.452 bits per heavy atom. The fourth-order valence-electron chi connectivity index (χ4n) is 3.96. The van der Waals surface area contributed by atoms with Gasteiger partial charge in [0.2, 0.25) is 0 Å². The van der Waals surface area contributed by atoms with Gasteiger partial charge in [-0.3, -0.25) is 24.3 Å². The minimum atomic E-state index is 0. The minimum absolute atomic E-state index is 0. The summed E-state index contributed by atoms with van der Waals surface area (Å²) in [5, 5.41) is 0. The Balaban J connectivity index is -0.000000217. The molecule has 0 N–H and O–H groups in total. The van der Waals surface area contributed by atoms with Gasteiger partial charge in [0, 0.05) is 0 Å². The molecule has 0 atom stereocenters. The normalized spacial score (nSPS) is 14.3. The van der Waals surface area contributed by atoms with Gasteiger partial charge in [-0.2, -0.15) is 24.3 Å². The Labute approximate surface area is 304 Å². The topological polar surface area (TPSA) is 0 Å². The molecule has 0 aromatic rings. The molecule has 0 unspecified atom stereocenters. The molecule has 0 amide bonds. The molecule has 42 heavy (non-hydrogen) atoms. The van der Waals surface area contributed by atoms with Crippen LogP contribution in [0.3, 0.4) is 0 Å². The van der Waals surface area contributed by atoms with E-state index in [1.807, 2.05) is 0 Å². The van der Waals surface area contributed by atoms with Gasteiger partial charge in [-0.05, 0) is 0 Å². The van der Waals surface area contributed by atoms with Crippen molar-refractivity contribution >= 4 is 33.3 Å². The van der Waals surface area contributed by atoms with Crippen LogP contribution in [0.15, 0.2) is 70.9 Å². The maximum absolute atomic E-state index is 3.39. The van der Waals surface area contributed by atoms with E-state index in [4.69, 9.17) is 0 Å². The van der Waals surface area contributed by atoms with Crippen LogP contribution in [0, 0.1) is 24.3 Å². The number of unbranched alkanes of at least 4 members (excludes halogenated alkanes) is 4. The molecule has 0 radical (unpaired) electrons. The standard InChI is InChI=1S/4C9H13.2CH2.2ClH.2Hf/c4*1-2-3-6-9-7-4-5-8-9;;;;;;/h4*4,7H,2-3,5-6H2,1H3;2*1H2;2*1H;;/q4*-1;;;;;2*+2. The van der Waals surface area contributed by atoms with Crippen LogP contribution >= 0.6 is 24.8 Å². The van der Waals surface area contributed by atoms with Gasteiger partial charge in [0.15, 0.2) is 0 Å². The molecule has 4 aliphatic carbocycles. The van der Waals surface area contributed by atoms with Gasteiger partial charge in [-0.25, -0.2) is 46.6 Å². The molecule has 0 aromatic carbocycles. The van der Waals surface area contributed by atoms with Crippen LogP contribution in [-0.2, 0) is 47.8 Å². The van der Waals surface area contributed by atoms with E-state index in [0.29, 0.717) is 0 Å². The molecule has 4 aliphatic rings. The first kappa shape index (κ1) is 48.9. The second-order valence-electron chi connectivity index (χ2n) is 9.65. The zero-order valence-corrected chi connectivity index (χ0v) is 36.0. The Bertz CT molecular complexity index is 703. The van der Waals surface area contributed by atoms with Gasteiger partial charge in [0.25, 0.3) is 0 Å². The van der Waals surface area contributed by atoms with Crippen molar-refractivity contribution in [3.05, 3.63) is 95.2 Å². The summed E-state index contributed by atoms with van der Waals surface area (Å²) in [4.78, 5) is 0. The third-order valence-electron chi connectivity index (χ3n) is 6.26. The van der Waals surface area contributed by atoms with Crippen LogP contribution in [0.5, 0.6) is 0 Å². The zero-order valence-electron chi connectivity index (χ0n) is 27.2. The summed E-state index contributed by atoms with van der Waals surface area (Å²) in [6, 6.07) is 0. The summed E-state index contributed by atoms with van der Waals surface area (Å²) in [6.07, 6.45) is 50.1. The maximum atomic E-state index is 3.39. The van der Waals surface area contributed by atoms with Crippen molar-refractivity contribution < 1.29 is 47.8 Å². The molecule has 0 fully saturated rings. The molecule has 0 spiro atoms. The average molecular weight is 943 g/mol. The van der Waals surface area contributed by atoms with Crippen molar-refractivity contribution in [1.82, 2.24) is 0 Å². The van der Waals surface area contributed by atoms with E-state index in [1.54, 1.807) is 0 Å². The first-order chi connectivity index (χ1) is 19.7. The monoisotopic (exact) mass is 944 g/mol. The van der Waals surface area contributed by atoms with Crippen molar-refractivity contribution in [3.8, 4) is 0 Å². The number of hydrogen-bond donors (Lipinski definition) is 0. The summed E-state index contributed by atoms with van der Waals surface area (Å²) in [7, 11) is 0. The number of halogens is 2. The second-order valence-corrected chi connectivity index (χ2v) is 9.65. The summed E-state index contributed by atoms with van der Waals surface area (Å²) >= 11 is 2.11. The fourth-order valence-corrected chi connectivity index (χ4v) is 3.96. The second kappa shape index (κ2) is 41.0. The molecule has 0 aromatic heterocycles. The van der Waals surface area contributed by atoms with Crippen LogP contribution in [0.25, 0.3) is 0 Å². The zero-order chi connectivity index (χ0) is 30.1. The van der Waals surface area contributed by atoms with Gasteiger partial charge >= 0.3 is 56.3 Å². The van der Waals surface area contributed by atoms with Crippen molar-refractivity contribution in [1.29, 1.82) is 0 Å². The molecule has 0 heterocycles. The van der Waals surface area contributed by atoms with Crippen molar-refractivity contribution in [2.75, 3.05) is 0 Å². The van der Waals surface area contributed by atoms with Crippen LogP contribution < -0.4 is 0 Å². The number of hydrogen-bond acceptors (Lipinski definition) is 0. The van der Waals surface area contributed by atoms with Gasteiger partial charge in [-0.15, -0.1) is 50.5 Å². The number of allylic oxidation sites excluding steroid dienone is 16. The van der Waals surface area contributed by atoms with Gasteiger partial charge < -0.3 is 0 Å². The molecular weight excluding hydrogens is 884 g/mol. The van der Waals surface area contributed by atoms with Crippen molar-refractivity contribution in [2.24, 2.45) is 0 Å². The van der Waals surface area contributed by atoms with E-state index in [9.17, 15) is 0 Å². The molecule has 232 valence electrons. The molecule has 0 saturated carbocycles. The van der Waals surface area contributed by atoms with Gasteiger partial charge in [0.05, 0.1) is 0 Å². The Kier molecular flexibility index (Phi) is 47.7. The number of rotatable bonds is 12. The third-order valence-corrected chi connectivity index (χ3v) is 6.26. The van der Waals surface area contributed by atoms with E-state index in [0.717, 1.165) is 73.5 Å². The first-order valence-corrected chi connectivity index (χ1v) is 20.6. The first-order valence-electron chi connectivity index (χ1n) is 15.5. The molecule has 0 nitrogen and oxygen atoms in total. The Hall–Kier alpha value is -0.0197. The van der Waals surface area contributed by atoms with Crippen molar-refractivity contribution in [3.63, 3.8) is 0 Å². The predicted octanol–water partition coefficient (Wildman–Crippen LogP) is 12.2. The Morgan fingerprint density at radius 2 is 0.643 bits per heavy atom. The molecule has 4 heteroatoms. The average Bonchev–Trinajstić information content (AvgIpc) is 3.85. The molecule has 4 rings (SSSR count). The SMILES string of the molecule is CCCCC1=[C-]CC=C1.CCCCC1=[C-]CC=C1.CCCCC1=[C-]CC=C1.CCCCC1=[C-]CC=C1.Cl.Cl.[CH2]=[Hf+2].[CH2]=[Hf+2]. The third kappa shape index (κ3) is 31.4. The van der Waals surface area contributed by atoms with Crippen molar-refractivity contribution in [2.45, 2.75) is 130 Å². The van der Waals surface area contributed by atoms with E-state index in [-0.39, 0.29) is 24.8 Å². The quantitative estimate of drug-likeness (QED) is 0.135. The molecule has 0 bridgehead atoms. The molecule has 0 saturated heterocycles. The Morgan fingerprint density at radius 3 is 0.762 bits per heavy atom. The molecular formula is C38H58Cl2Hf2. The van der Waals surface area contributed by atoms with E-state index < -0.39 is 0 Å². The van der Waals surface area contributed by atoms with Gasteiger partial charge in [-0.1, -0.05) is 105 Å². The molecule has 0 aliphatic heterocycles. The van der Waals surface area contributed by atoms with Crippen LogP contribution in [0.2, 0.25) is 0 Å². The van der Waals surface area contributed by atoms with E-state index >= 15 is 0 Å².